The van der Waals surface area contributed by atoms with Crippen molar-refractivity contribution < 1.29 is 9.90 Å². The van der Waals surface area contributed by atoms with Gasteiger partial charge in [0.1, 0.15) is 0 Å². The predicted molar refractivity (Wildman–Crippen MR) is 97.4 cm³/mol. The number of rotatable bonds is 15. The largest absolute Gasteiger partial charge is 0.481 e. The van der Waals surface area contributed by atoms with E-state index in [2.05, 4.69) is 22.9 Å². The first-order valence-electron chi connectivity index (χ1n) is 9.27. The summed E-state index contributed by atoms with van der Waals surface area (Å²) in [5.74, 6) is 0.0973. The standard InChI is InChI=1S/C19H33BrO2/c1-2-3-4-5-7-10-13-16-17(19(16)20)14-11-8-6-9-12-15-18(21)22/h17H,2-15H2,1H3,(H,21,22). The summed E-state index contributed by atoms with van der Waals surface area (Å²) in [5.41, 5.74) is 1.68. The van der Waals surface area contributed by atoms with Crippen molar-refractivity contribution in [2.24, 2.45) is 5.92 Å². The molecule has 3 heteroatoms. The lowest BCUT2D eigenvalue weighted by molar-refractivity contribution is -0.137. The Labute approximate surface area is 144 Å². The molecule has 0 fully saturated rings. The lowest BCUT2D eigenvalue weighted by Gasteiger charge is -2.03. The molecule has 22 heavy (non-hydrogen) atoms. The summed E-state index contributed by atoms with van der Waals surface area (Å²) in [5, 5.41) is 8.58. The Morgan fingerprint density at radius 2 is 1.55 bits per heavy atom. The van der Waals surface area contributed by atoms with Gasteiger partial charge in [0.2, 0.25) is 0 Å². The van der Waals surface area contributed by atoms with E-state index in [0.717, 1.165) is 18.8 Å². The van der Waals surface area contributed by atoms with E-state index in [9.17, 15) is 4.79 Å². The summed E-state index contributed by atoms with van der Waals surface area (Å²) in [6, 6.07) is 0. The molecule has 0 aromatic carbocycles. The van der Waals surface area contributed by atoms with Crippen LogP contribution in [0.25, 0.3) is 0 Å². The highest BCUT2D eigenvalue weighted by molar-refractivity contribution is 9.12. The molecule has 1 N–H and O–H groups in total. The van der Waals surface area contributed by atoms with Gasteiger partial charge in [-0.05, 0) is 25.7 Å². The zero-order chi connectivity index (χ0) is 16.2. The monoisotopic (exact) mass is 372 g/mol. The number of allylic oxidation sites excluding steroid dienone is 2. The van der Waals surface area contributed by atoms with Crippen LogP contribution in [0.1, 0.15) is 96.8 Å². The number of carboxylic acids is 1. The molecule has 0 heterocycles. The van der Waals surface area contributed by atoms with E-state index in [4.69, 9.17) is 5.11 Å². The van der Waals surface area contributed by atoms with E-state index in [1.165, 1.54) is 75.1 Å². The molecular weight excluding hydrogens is 340 g/mol. The van der Waals surface area contributed by atoms with Gasteiger partial charge in [0.15, 0.2) is 0 Å². The fourth-order valence-electron chi connectivity index (χ4n) is 3.13. The quantitative estimate of drug-likeness (QED) is 0.319. The minimum Gasteiger partial charge on any atom is -0.481 e. The van der Waals surface area contributed by atoms with Crippen LogP contribution in [0, 0.1) is 5.92 Å². The second kappa shape index (κ2) is 12.2. The smallest absolute Gasteiger partial charge is 0.303 e. The molecule has 0 saturated heterocycles. The highest BCUT2D eigenvalue weighted by atomic mass is 79.9. The number of hydrogen-bond donors (Lipinski definition) is 1. The maximum atomic E-state index is 10.4. The van der Waals surface area contributed by atoms with Crippen LogP contribution in [0.5, 0.6) is 0 Å². The maximum absolute atomic E-state index is 10.4. The Balaban J connectivity index is 1.89. The first-order chi connectivity index (χ1) is 10.7. The van der Waals surface area contributed by atoms with Crippen LogP contribution in [-0.2, 0) is 4.79 Å². The van der Waals surface area contributed by atoms with Crippen molar-refractivity contribution in [3.63, 3.8) is 0 Å². The second-order valence-corrected chi connectivity index (χ2v) is 7.50. The van der Waals surface area contributed by atoms with E-state index in [-0.39, 0.29) is 0 Å². The molecule has 2 nitrogen and oxygen atoms in total. The molecular formula is C19H33BrO2. The predicted octanol–water partition coefficient (Wildman–Crippen LogP) is 6.83. The molecule has 1 aliphatic rings. The number of carbonyl (C=O) groups is 1. The van der Waals surface area contributed by atoms with Gasteiger partial charge in [-0.3, -0.25) is 4.79 Å². The fraction of sp³-hybridized carbons (Fsp3) is 0.842. The molecule has 0 aromatic heterocycles. The van der Waals surface area contributed by atoms with Crippen molar-refractivity contribution in [3.05, 3.63) is 10.1 Å². The lowest BCUT2D eigenvalue weighted by Crippen LogP contribution is -1.93. The van der Waals surface area contributed by atoms with Crippen LogP contribution in [0.3, 0.4) is 0 Å². The van der Waals surface area contributed by atoms with Crippen LogP contribution >= 0.6 is 15.9 Å². The summed E-state index contributed by atoms with van der Waals surface area (Å²) in [6.07, 6.45) is 16.8. The minimum atomic E-state index is -0.662. The first-order valence-corrected chi connectivity index (χ1v) is 10.1. The molecule has 1 unspecified atom stereocenters. The molecule has 0 saturated carbocycles. The third-order valence-electron chi connectivity index (χ3n) is 4.63. The minimum absolute atomic E-state index is 0.331. The summed E-state index contributed by atoms with van der Waals surface area (Å²) in [6.45, 7) is 2.27. The third kappa shape index (κ3) is 8.97. The van der Waals surface area contributed by atoms with E-state index in [0.29, 0.717) is 6.42 Å². The van der Waals surface area contributed by atoms with Gasteiger partial charge in [-0.25, -0.2) is 0 Å². The van der Waals surface area contributed by atoms with E-state index >= 15 is 0 Å². The van der Waals surface area contributed by atoms with Gasteiger partial charge in [-0.1, -0.05) is 86.2 Å². The van der Waals surface area contributed by atoms with Crippen LogP contribution in [0.2, 0.25) is 0 Å². The average Bonchev–Trinajstić information content (AvgIpc) is 3.10. The van der Waals surface area contributed by atoms with Crippen LogP contribution < -0.4 is 0 Å². The van der Waals surface area contributed by atoms with Crippen molar-refractivity contribution in [2.75, 3.05) is 0 Å². The normalized spacial score (nSPS) is 17.1. The molecule has 128 valence electrons. The maximum Gasteiger partial charge on any atom is 0.303 e. The lowest BCUT2D eigenvalue weighted by atomic mass is 10.0. The highest BCUT2D eigenvalue weighted by Crippen LogP contribution is 2.49. The van der Waals surface area contributed by atoms with Gasteiger partial charge in [0.05, 0.1) is 0 Å². The molecule has 0 aromatic rings. The van der Waals surface area contributed by atoms with Crippen molar-refractivity contribution in [2.45, 2.75) is 96.8 Å². The summed E-state index contributed by atoms with van der Waals surface area (Å²) < 4.78 is 1.49. The number of hydrogen-bond acceptors (Lipinski definition) is 1. The van der Waals surface area contributed by atoms with Gasteiger partial charge in [-0.15, -0.1) is 0 Å². The molecule has 1 atom stereocenters. The average molecular weight is 373 g/mol. The van der Waals surface area contributed by atoms with Gasteiger partial charge in [0.25, 0.3) is 0 Å². The summed E-state index contributed by atoms with van der Waals surface area (Å²) >= 11 is 3.73. The summed E-state index contributed by atoms with van der Waals surface area (Å²) in [4.78, 5) is 10.4. The second-order valence-electron chi connectivity index (χ2n) is 6.64. The van der Waals surface area contributed by atoms with Crippen LogP contribution in [0.4, 0.5) is 0 Å². The number of aliphatic carboxylic acids is 1. The molecule has 1 aliphatic carbocycles. The topological polar surface area (TPSA) is 37.3 Å². The molecule has 0 spiro atoms. The van der Waals surface area contributed by atoms with Crippen molar-refractivity contribution in [3.8, 4) is 0 Å². The van der Waals surface area contributed by atoms with Gasteiger partial charge >= 0.3 is 5.97 Å². The molecule has 0 amide bonds. The fourth-order valence-corrected chi connectivity index (χ4v) is 4.00. The first kappa shape index (κ1) is 19.7. The Hall–Kier alpha value is -0.310. The van der Waals surface area contributed by atoms with Gasteiger partial charge in [0, 0.05) is 16.8 Å². The van der Waals surface area contributed by atoms with Gasteiger partial charge < -0.3 is 5.11 Å². The Morgan fingerprint density at radius 3 is 2.23 bits per heavy atom. The van der Waals surface area contributed by atoms with Gasteiger partial charge in [-0.2, -0.15) is 0 Å². The highest BCUT2D eigenvalue weighted by Gasteiger charge is 2.32. The molecule has 0 bridgehead atoms. The Kier molecular flexibility index (Phi) is 10.9. The summed E-state index contributed by atoms with van der Waals surface area (Å²) in [7, 11) is 0. The zero-order valence-corrected chi connectivity index (χ0v) is 15.8. The van der Waals surface area contributed by atoms with Crippen molar-refractivity contribution in [1.29, 1.82) is 0 Å². The van der Waals surface area contributed by atoms with Crippen LogP contribution in [0.15, 0.2) is 10.1 Å². The van der Waals surface area contributed by atoms with E-state index in [1.54, 1.807) is 5.57 Å². The SMILES string of the molecule is CCCCCCCCC1=C(Br)C1CCCCCCCC(=O)O. The number of carboxylic acid groups (broad SMARTS) is 1. The van der Waals surface area contributed by atoms with E-state index < -0.39 is 5.97 Å². The Morgan fingerprint density at radius 1 is 0.955 bits per heavy atom. The third-order valence-corrected chi connectivity index (χ3v) is 5.70. The number of unbranched alkanes of at least 4 members (excludes halogenated alkanes) is 9. The zero-order valence-electron chi connectivity index (χ0n) is 14.2. The Bertz CT molecular complexity index is 349. The molecule has 0 aliphatic heterocycles. The number of halogens is 1. The molecule has 1 rings (SSSR count). The van der Waals surface area contributed by atoms with E-state index in [1.807, 2.05) is 0 Å². The van der Waals surface area contributed by atoms with Crippen molar-refractivity contribution >= 4 is 21.9 Å². The van der Waals surface area contributed by atoms with Crippen molar-refractivity contribution in [1.82, 2.24) is 0 Å². The van der Waals surface area contributed by atoms with Crippen LogP contribution in [-0.4, -0.2) is 11.1 Å². The molecule has 0 radical (unpaired) electrons.